The topological polar surface area (TPSA) is 240 Å². The van der Waals surface area contributed by atoms with E-state index < -0.39 is 35.3 Å². The molecule has 0 bridgehead atoms. The van der Waals surface area contributed by atoms with Crippen molar-refractivity contribution in [3.63, 3.8) is 0 Å². The van der Waals surface area contributed by atoms with E-state index in [-0.39, 0.29) is 75.4 Å². The summed E-state index contributed by atoms with van der Waals surface area (Å²) in [5.74, 6) is -8.82. The second kappa shape index (κ2) is 25.0. The molecule has 0 amide bonds. The number of ketones is 6. The van der Waals surface area contributed by atoms with Crippen molar-refractivity contribution in [3.05, 3.63) is 0 Å². The second-order valence-electron chi connectivity index (χ2n) is 5.74. The molecule has 0 rings (SSSR count). The molecule has 0 N–H and O–H groups in total. The number of carbonyl (C=O) groups is 9. The van der Waals surface area contributed by atoms with E-state index in [1.807, 2.05) is 0 Å². The van der Waals surface area contributed by atoms with Gasteiger partial charge in [-0.05, 0) is 20.8 Å². The zero-order valence-electron chi connectivity index (χ0n) is 17.9. The SMILES string of the molecule is CC(=O)CCC(=O)C(=O)[O-].CC(=O)CCC(=O)C(=O)[O-].CC(=O)CCC(=O)C(=O)[O-].[C]=O.[Rh+3]. The van der Waals surface area contributed by atoms with E-state index in [2.05, 4.69) is 6.79 Å². The molecule has 184 valence electrons. The summed E-state index contributed by atoms with van der Waals surface area (Å²) >= 11 is 0. The number of hydrogen-bond acceptors (Lipinski definition) is 13. The Bertz CT molecular complexity index is 630. The summed E-state index contributed by atoms with van der Waals surface area (Å²) in [6, 6.07) is 0. The van der Waals surface area contributed by atoms with Gasteiger partial charge in [-0.3, -0.25) is 19.2 Å². The van der Waals surface area contributed by atoms with Gasteiger partial charge in [0.05, 0.1) is 0 Å². The fourth-order valence-electron chi connectivity index (χ4n) is 1.17. The minimum absolute atomic E-state index is 0. The predicted molar refractivity (Wildman–Crippen MR) is 95.5 cm³/mol. The van der Waals surface area contributed by atoms with Crippen LogP contribution in [-0.4, -0.2) is 59.4 Å². The van der Waals surface area contributed by atoms with Crippen molar-refractivity contribution in [2.24, 2.45) is 0 Å². The molecule has 0 aliphatic carbocycles. The summed E-state index contributed by atoms with van der Waals surface area (Å²) < 4.78 is 0. The summed E-state index contributed by atoms with van der Waals surface area (Å²) in [7, 11) is 0. The van der Waals surface area contributed by atoms with Gasteiger partial charge < -0.3 is 44.1 Å². The van der Waals surface area contributed by atoms with Gasteiger partial charge in [0.2, 0.25) is 0 Å². The van der Waals surface area contributed by atoms with E-state index in [4.69, 9.17) is 4.79 Å². The van der Waals surface area contributed by atoms with Gasteiger partial charge in [0.15, 0.2) is 17.3 Å². The van der Waals surface area contributed by atoms with Gasteiger partial charge in [-0.25, -0.2) is 0 Å². The van der Waals surface area contributed by atoms with Gasteiger partial charge >= 0.3 is 19.5 Å². The average molecular weight is 560 g/mol. The molecule has 0 aromatic rings. The largest absolute Gasteiger partial charge is 3.00 e. The van der Waals surface area contributed by atoms with Gasteiger partial charge in [0, 0.05) is 38.5 Å². The molecule has 0 aliphatic rings. The summed E-state index contributed by atoms with van der Waals surface area (Å²) in [5.41, 5.74) is 0. The van der Waals surface area contributed by atoms with E-state index in [1.165, 1.54) is 20.8 Å². The van der Waals surface area contributed by atoms with Crippen LogP contribution in [0.5, 0.6) is 0 Å². The van der Waals surface area contributed by atoms with Crippen LogP contribution in [0.1, 0.15) is 59.3 Å². The fraction of sp³-hybridized carbons (Fsp3) is 0.474. The number of carboxylic acids is 3. The van der Waals surface area contributed by atoms with Gasteiger partial charge in [-0.1, -0.05) is 0 Å². The van der Waals surface area contributed by atoms with Gasteiger partial charge in [-0.15, -0.1) is 0 Å². The number of carboxylic acid groups (broad SMARTS) is 3. The molecule has 0 aromatic heterocycles. The average Bonchev–Trinajstić information content (AvgIpc) is 2.70. The Balaban J connectivity index is -0.000000113. The van der Waals surface area contributed by atoms with Crippen LogP contribution >= 0.6 is 0 Å². The molecule has 0 spiro atoms. The zero-order chi connectivity index (χ0) is 26.4. The Morgan fingerprint density at radius 1 is 0.455 bits per heavy atom. The van der Waals surface area contributed by atoms with Crippen LogP contribution in [0, 0.1) is 0 Å². The minimum Gasteiger partial charge on any atom is -0.542 e. The second-order valence-corrected chi connectivity index (χ2v) is 5.74. The van der Waals surface area contributed by atoms with Gasteiger partial charge in [-0.2, -0.15) is 0 Å². The third kappa shape index (κ3) is 36.4. The third-order valence-electron chi connectivity index (χ3n) is 2.80. The number of Topliss-reactive ketones (excluding diaryl/α,β-unsaturated/α-hetero) is 6. The molecule has 33 heavy (non-hydrogen) atoms. The van der Waals surface area contributed by atoms with Crippen LogP contribution in [0.4, 0.5) is 0 Å². The molecule has 0 unspecified atom stereocenters. The number of aliphatic carboxylic acids is 3. The zero-order valence-corrected chi connectivity index (χ0v) is 19.5. The molecular weight excluding hydrogens is 539 g/mol. The van der Waals surface area contributed by atoms with E-state index in [1.54, 1.807) is 0 Å². The molecule has 13 nitrogen and oxygen atoms in total. The van der Waals surface area contributed by atoms with E-state index in [0.717, 1.165) is 0 Å². The normalized spacial score (nSPS) is 8.21. The molecule has 14 heteroatoms. The smallest absolute Gasteiger partial charge is 0.542 e. The first-order chi connectivity index (χ1) is 14.6. The number of hydrogen-bond donors (Lipinski definition) is 0. The van der Waals surface area contributed by atoms with E-state index >= 15 is 0 Å². The molecular formula is C19H21O13Rh. The Morgan fingerprint density at radius 3 is 0.697 bits per heavy atom. The van der Waals surface area contributed by atoms with E-state index in [0.29, 0.717) is 0 Å². The molecule has 0 saturated carbocycles. The first kappa shape index (κ1) is 40.1. The van der Waals surface area contributed by atoms with Crippen LogP contribution in [-0.2, 0) is 67.4 Å². The van der Waals surface area contributed by atoms with Crippen molar-refractivity contribution < 1.29 is 82.7 Å². The van der Waals surface area contributed by atoms with Crippen molar-refractivity contribution in [3.8, 4) is 0 Å². The van der Waals surface area contributed by atoms with Crippen LogP contribution in [0.3, 0.4) is 0 Å². The van der Waals surface area contributed by atoms with Crippen molar-refractivity contribution in [1.82, 2.24) is 0 Å². The molecule has 0 atom stereocenters. The summed E-state index contributed by atoms with van der Waals surface area (Å²) in [5, 5.41) is 29.2. The maximum Gasteiger partial charge on any atom is 3.00 e. The van der Waals surface area contributed by atoms with Crippen LogP contribution < -0.4 is 15.3 Å². The Labute approximate surface area is 201 Å². The van der Waals surface area contributed by atoms with Crippen molar-refractivity contribution in [1.29, 1.82) is 0 Å². The number of carbonyl (C=O) groups excluding carboxylic acids is 10. The van der Waals surface area contributed by atoms with Crippen molar-refractivity contribution in [2.45, 2.75) is 59.3 Å². The van der Waals surface area contributed by atoms with Crippen LogP contribution in [0.15, 0.2) is 0 Å². The minimum atomic E-state index is -1.72. The monoisotopic (exact) mass is 560 g/mol. The number of rotatable bonds is 12. The van der Waals surface area contributed by atoms with Gasteiger partial charge in [0.1, 0.15) is 35.3 Å². The predicted octanol–water partition coefficient (Wildman–Crippen LogP) is -4.38. The summed E-state index contributed by atoms with van der Waals surface area (Å²) in [4.78, 5) is 98.0. The maximum absolute atomic E-state index is 10.2. The Hall–Kier alpha value is -3.28. The molecule has 2 radical (unpaired) electrons. The molecule has 0 fully saturated rings. The van der Waals surface area contributed by atoms with Gasteiger partial charge in [0.25, 0.3) is 6.79 Å². The standard InChI is InChI=1S/3C6H8O4.CO.Rh/c3*1-4(7)2-3-5(8)6(9)10;1-2;/h3*2-3H2,1H3,(H,9,10);;/q;;;;+3/p-3. The summed E-state index contributed by atoms with van der Waals surface area (Å²) in [6.07, 6.45) is -0.820. The third-order valence-corrected chi connectivity index (χ3v) is 2.80. The molecule has 0 heterocycles. The summed E-state index contributed by atoms with van der Waals surface area (Å²) in [6.45, 7) is 8.38. The molecule has 0 saturated heterocycles. The molecule has 0 aromatic carbocycles. The fourth-order valence-corrected chi connectivity index (χ4v) is 1.17. The first-order valence-electron chi connectivity index (χ1n) is 8.52. The van der Waals surface area contributed by atoms with Crippen molar-refractivity contribution in [2.75, 3.05) is 0 Å². The maximum atomic E-state index is 10.2. The quantitative estimate of drug-likeness (QED) is 0.162. The first-order valence-corrected chi connectivity index (χ1v) is 8.52. The Morgan fingerprint density at radius 2 is 0.606 bits per heavy atom. The molecule has 0 aliphatic heterocycles. The van der Waals surface area contributed by atoms with Crippen LogP contribution in [0.2, 0.25) is 0 Å². The van der Waals surface area contributed by atoms with E-state index in [9.17, 15) is 58.5 Å². The van der Waals surface area contributed by atoms with Crippen molar-refractivity contribution >= 4 is 59.4 Å². The van der Waals surface area contributed by atoms with Crippen LogP contribution in [0.25, 0.3) is 0 Å². The Kier molecular flexibility index (Phi) is 30.4.